The third kappa shape index (κ3) is 4.94. The lowest BCUT2D eigenvalue weighted by atomic mass is 9.99. The average Bonchev–Trinajstić information content (AvgIpc) is 2.62. The zero-order valence-corrected chi connectivity index (χ0v) is 14.6. The van der Waals surface area contributed by atoms with Gasteiger partial charge in [0.2, 0.25) is 0 Å². The standard InChI is InChI=1S/C20H16BrNO2/c1-2-16(12-15-6-4-3-5-7-15)18(13-22)14-24-20(23)17-8-10-19(21)11-9-17/h2-12,18H,1,14H2/b16-12+/t18-/m0/s1. The van der Waals surface area contributed by atoms with E-state index in [9.17, 15) is 10.1 Å². The second-order valence-corrected chi connectivity index (χ2v) is 5.96. The number of ether oxygens (including phenoxy) is 1. The van der Waals surface area contributed by atoms with E-state index in [-0.39, 0.29) is 6.61 Å². The summed E-state index contributed by atoms with van der Waals surface area (Å²) in [5.74, 6) is -1.02. The summed E-state index contributed by atoms with van der Waals surface area (Å²) in [5, 5.41) is 9.39. The van der Waals surface area contributed by atoms with Crippen LogP contribution in [0.1, 0.15) is 15.9 Å². The number of halogens is 1. The Labute approximate surface area is 150 Å². The number of nitrogens with zero attached hydrogens (tertiary/aromatic N) is 1. The largest absolute Gasteiger partial charge is 0.460 e. The zero-order chi connectivity index (χ0) is 17.4. The first kappa shape index (κ1) is 17.7. The summed E-state index contributed by atoms with van der Waals surface area (Å²) in [6, 6.07) is 18.7. The van der Waals surface area contributed by atoms with E-state index >= 15 is 0 Å². The van der Waals surface area contributed by atoms with Crippen LogP contribution < -0.4 is 0 Å². The highest BCUT2D eigenvalue weighted by Crippen LogP contribution is 2.18. The predicted molar refractivity (Wildman–Crippen MR) is 98.1 cm³/mol. The van der Waals surface area contributed by atoms with Gasteiger partial charge >= 0.3 is 5.97 Å². The van der Waals surface area contributed by atoms with Crippen LogP contribution in [0.3, 0.4) is 0 Å². The van der Waals surface area contributed by atoms with Crippen LogP contribution in [-0.2, 0) is 4.74 Å². The summed E-state index contributed by atoms with van der Waals surface area (Å²) in [5.41, 5.74) is 2.13. The van der Waals surface area contributed by atoms with E-state index in [2.05, 4.69) is 28.6 Å². The van der Waals surface area contributed by atoms with Gasteiger partial charge in [0.05, 0.1) is 11.6 Å². The highest BCUT2D eigenvalue weighted by Gasteiger charge is 2.15. The molecule has 24 heavy (non-hydrogen) atoms. The summed E-state index contributed by atoms with van der Waals surface area (Å²) in [4.78, 5) is 12.1. The molecule has 0 aliphatic heterocycles. The topological polar surface area (TPSA) is 50.1 Å². The van der Waals surface area contributed by atoms with Crippen molar-refractivity contribution in [3.05, 3.63) is 88.4 Å². The van der Waals surface area contributed by atoms with E-state index < -0.39 is 11.9 Å². The van der Waals surface area contributed by atoms with E-state index in [0.29, 0.717) is 11.1 Å². The van der Waals surface area contributed by atoms with Gasteiger partial charge in [0.25, 0.3) is 0 Å². The fourth-order valence-electron chi connectivity index (χ4n) is 2.08. The van der Waals surface area contributed by atoms with Crippen LogP contribution in [0.15, 0.2) is 77.3 Å². The molecule has 0 N–H and O–H groups in total. The van der Waals surface area contributed by atoms with Crippen LogP contribution in [-0.4, -0.2) is 12.6 Å². The molecule has 0 bridgehead atoms. The van der Waals surface area contributed by atoms with Crippen LogP contribution >= 0.6 is 15.9 Å². The number of carbonyl (C=O) groups excluding carboxylic acids is 1. The third-order valence-electron chi connectivity index (χ3n) is 3.39. The van der Waals surface area contributed by atoms with Gasteiger partial charge in [-0.15, -0.1) is 0 Å². The highest BCUT2D eigenvalue weighted by molar-refractivity contribution is 9.10. The van der Waals surface area contributed by atoms with E-state index in [4.69, 9.17) is 4.74 Å². The lowest BCUT2D eigenvalue weighted by molar-refractivity contribution is 0.0484. The summed E-state index contributed by atoms with van der Waals surface area (Å²) in [6.07, 6.45) is 3.49. The van der Waals surface area contributed by atoms with Crippen LogP contribution in [0.25, 0.3) is 6.08 Å². The van der Waals surface area contributed by atoms with Gasteiger partial charge in [-0.05, 0) is 35.4 Å². The van der Waals surface area contributed by atoms with Crippen molar-refractivity contribution in [1.29, 1.82) is 5.26 Å². The Balaban J connectivity index is 2.06. The van der Waals surface area contributed by atoms with E-state index in [1.54, 1.807) is 30.3 Å². The lowest BCUT2D eigenvalue weighted by Gasteiger charge is -2.11. The molecule has 3 nitrogen and oxygen atoms in total. The maximum atomic E-state index is 12.1. The van der Waals surface area contributed by atoms with Crippen LogP contribution in [0, 0.1) is 17.2 Å². The van der Waals surface area contributed by atoms with Gasteiger partial charge in [0, 0.05) is 4.47 Å². The molecule has 2 aromatic carbocycles. The van der Waals surface area contributed by atoms with Crippen molar-refractivity contribution < 1.29 is 9.53 Å². The molecule has 0 amide bonds. The number of esters is 1. The van der Waals surface area contributed by atoms with Gasteiger partial charge in [0.1, 0.15) is 12.5 Å². The normalized spacial score (nSPS) is 12.1. The summed E-state index contributed by atoms with van der Waals surface area (Å²) < 4.78 is 6.16. The smallest absolute Gasteiger partial charge is 0.338 e. The quantitative estimate of drug-likeness (QED) is 0.521. The Bertz CT molecular complexity index is 774. The number of hydrogen-bond acceptors (Lipinski definition) is 3. The minimum Gasteiger partial charge on any atom is -0.460 e. The molecule has 0 aromatic heterocycles. The highest BCUT2D eigenvalue weighted by atomic mass is 79.9. The maximum Gasteiger partial charge on any atom is 0.338 e. The summed E-state index contributed by atoms with van der Waals surface area (Å²) >= 11 is 3.31. The Morgan fingerprint density at radius 1 is 1.21 bits per heavy atom. The van der Waals surface area contributed by atoms with Gasteiger partial charge in [-0.3, -0.25) is 0 Å². The van der Waals surface area contributed by atoms with Gasteiger partial charge in [-0.2, -0.15) is 5.26 Å². The van der Waals surface area contributed by atoms with Crippen molar-refractivity contribution in [2.45, 2.75) is 0 Å². The molecule has 0 spiro atoms. The fraction of sp³-hybridized carbons (Fsp3) is 0.100. The number of allylic oxidation sites excluding steroid dienone is 1. The van der Waals surface area contributed by atoms with Crippen LogP contribution in [0.5, 0.6) is 0 Å². The molecule has 0 radical (unpaired) electrons. The summed E-state index contributed by atoms with van der Waals surface area (Å²) in [6.45, 7) is 3.74. The first-order valence-corrected chi connectivity index (χ1v) is 8.14. The molecule has 2 aromatic rings. The molecule has 0 fully saturated rings. The van der Waals surface area contributed by atoms with E-state index in [1.165, 1.54) is 0 Å². The molecular weight excluding hydrogens is 366 g/mol. The molecule has 0 saturated heterocycles. The first-order chi connectivity index (χ1) is 11.6. The molecule has 120 valence electrons. The third-order valence-corrected chi connectivity index (χ3v) is 3.92. The molecule has 0 unspecified atom stereocenters. The lowest BCUT2D eigenvalue weighted by Crippen LogP contribution is -2.14. The maximum absolute atomic E-state index is 12.1. The predicted octanol–water partition coefficient (Wildman–Crippen LogP) is 5.02. The molecule has 2 rings (SSSR count). The number of hydrogen-bond donors (Lipinski definition) is 0. The van der Waals surface area contributed by atoms with Crippen molar-refractivity contribution in [3.8, 4) is 6.07 Å². The van der Waals surface area contributed by atoms with Crippen molar-refractivity contribution in [3.63, 3.8) is 0 Å². The SMILES string of the molecule is C=C/C(=C\c1ccccc1)[C@@H](C#N)COC(=O)c1ccc(Br)cc1. The Morgan fingerprint density at radius 2 is 1.88 bits per heavy atom. The van der Waals surface area contributed by atoms with Gasteiger partial charge in [0.15, 0.2) is 0 Å². The van der Waals surface area contributed by atoms with Crippen molar-refractivity contribution >= 4 is 28.0 Å². The van der Waals surface area contributed by atoms with Crippen molar-refractivity contribution in [1.82, 2.24) is 0 Å². The Kier molecular flexibility index (Phi) is 6.53. The van der Waals surface area contributed by atoms with Gasteiger partial charge < -0.3 is 4.74 Å². The average molecular weight is 382 g/mol. The van der Waals surface area contributed by atoms with Crippen molar-refractivity contribution in [2.75, 3.05) is 6.61 Å². The number of carbonyl (C=O) groups is 1. The molecule has 1 atom stereocenters. The Morgan fingerprint density at radius 3 is 2.46 bits per heavy atom. The van der Waals surface area contributed by atoms with Crippen LogP contribution in [0.4, 0.5) is 0 Å². The number of rotatable bonds is 6. The number of nitriles is 1. The molecular formula is C20H16BrNO2. The minimum absolute atomic E-state index is 0.0178. The monoisotopic (exact) mass is 381 g/mol. The first-order valence-electron chi connectivity index (χ1n) is 7.35. The fourth-order valence-corrected chi connectivity index (χ4v) is 2.34. The van der Waals surface area contributed by atoms with Gasteiger partial charge in [-0.1, -0.05) is 65.0 Å². The molecule has 0 saturated carbocycles. The Hall–Kier alpha value is -2.64. The van der Waals surface area contributed by atoms with E-state index in [0.717, 1.165) is 10.0 Å². The molecule has 0 aliphatic rings. The molecule has 4 heteroatoms. The van der Waals surface area contributed by atoms with Crippen molar-refractivity contribution in [2.24, 2.45) is 5.92 Å². The molecule has 0 heterocycles. The second kappa shape index (κ2) is 8.85. The summed E-state index contributed by atoms with van der Waals surface area (Å²) in [7, 11) is 0. The van der Waals surface area contributed by atoms with Gasteiger partial charge in [-0.25, -0.2) is 4.79 Å². The van der Waals surface area contributed by atoms with Crippen LogP contribution in [0.2, 0.25) is 0 Å². The zero-order valence-electron chi connectivity index (χ0n) is 13.0. The van der Waals surface area contributed by atoms with E-state index in [1.807, 2.05) is 36.4 Å². The number of benzene rings is 2. The second-order valence-electron chi connectivity index (χ2n) is 5.05. The minimum atomic E-state index is -0.567. The molecule has 0 aliphatic carbocycles.